The van der Waals surface area contributed by atoms with E-state index >= 15 is 0 Å². The number of likely N-dealkylation sites (tertiary alicyclic amines) is 1. The highest BCUT2D eigenvalue weighted by atomic mass is 19.1. The monoisotopic (exact) mass is 559 g/mol. The average molecular weight is 560 g/mol. The largest absolute Gasteiger partial charge is 0.333 e. The lowest BCUT2D eigenvalue weighted by Gasteiger charge is -2.39. The van der Waals surface area contributed by atoms with Gasteiger partial charge in [0.05, 0.1) is 12.0 Å². The summed E-state index contributed by atoms with van der Waals surface area (Å²) in [4.78, 5) is 49.1. The lowest BCUT2D eigenvalue weighted by molar-refractivity contribution is -0.148. The van der Waals surface area contributed by atoms with Crippen molar-refractivity contribution in [2.75, 3.05) is 23.7 Å². The van der Waals surface area contributed by atoms with E-state index in [1.165, 1.54) is 18.2 Å². The molecule has 2 aliphatic carbocycles. The number of amides is 3. The van der Waals surface area contributed by atoms with Crippen molar-refractivity contribution >= 4 is 29.4 Å². The van der Waals surface area contributed by atoms with Gasteiger partial charge in [-0.15, -0.1) is 0 Å². The average Bonchev–Trinajstić information content (AvgIpc) is 3.64. The van der Waals surface area contributed by atoms with E-state index in [1.807, 2.05) is 18.2 Å². The van der Waals surface area contributed by atoms with E-state index in [0.717, 1.165) is 61.3 Å². The molecule has 10 heteroatoms. The van der Waals surface area contributed by atoms with Crippen molar-refractivity contribution in [1.29, 1.82) is 0 Å². The maximum absolute atomic E-state index is 13.1. The molecule has 1 saturated carbocycles. The summed E-state index contributed by atoms with van der Waals surface area (Å²) < 4.78 is 23.9. The second kappa shape index (κ2) is 10.6. The molecule has 1 aromatic carbocycles. The van der Waals surface area contributed by atoms with Crippen molar-refractivity contribution in [3.05, 3.63) is 83.2 Å². The second-order valence-electron chi connectivity index (χ2n) is 11.4. The predicted molar refractivity (Wildman–Crippen MR) is 148 cm³/mol. The Labute approximate surface area is 236 Å². The maximum Gasteiger partial charge on any atom is 0.245 e. The summed E-state index contributed by atoms with van der Waals surface area (Å²) in [5.74, 6) is -0.113. The van der Waals surface area contributed by atoms with Gasteiger partial charge in [0.1, 0.15) is 23.3 Å². The fourth-order valence-corrected chi connectivity index (χ4v) is 6.86. The third-order valence-electron chi connectivity index (χ3n) is 8.83. The molecular weight excluding hydrogens is 528 g/mol. The van der Waals surface area contributed by atoms with Crippen molar-refractivity contribution in [1.82, 2.24) is 14.9 Å². The van der Waals surface area contributed by atoms with Crippen LogP contribution >= 0.6 is 0 Å². The van der Waals surface area contributed by atoms with Gasteiger partial charge in [-0.25, -0.2) is 18.7 Å². The van der Waals surface area contributed by atoms with Gasteiger partial charge in [0.25, 0.3) is 0 Å². The Kier molecular flexibility index (Phi) is 7.01. The SMILES string of the molecule is Fc1cccc(F)c1.O=C(CN1CCCC2(CCCC2)C1=O)Nc1cc2c(cn1)CC1(C2)C(=O)Nc2ncccc21. The maximum atomic E-state index is 13.1. The van der Waals surface area contributed by atoms with Gasteiger partial charge in [-0.1, -0.05) is 25.0 Å². The zero-order chi connectivity index (χ0) is 28.6. The summed E-state index contributed by atoms with van der Waals surface area (Å²) in [6, 6.07) is 10.2. The number of carbonyl (C=O) groups is 3. The molecule has 0 radical (unpaired) electrons. The van der Waals surface area contributed by atoms with Gasteiger partial charge < -0.3 is 15.5 Å². The van der Waals surface area contributed by atoms with Crippen molar-refractivity contribution in [2.45, 2.75) is 56.8 Å². The molecule has 0 bridgehead atoms. The molecule has 7 rings (SSSR count). The Balaban J connectivity index is 0.000000328. The van der Waals surface area contributed by atoms with E-state index in [-0.39, 0.29) is 29.7 Å². The van der Waals surface area contributed by atoms with Crippen LogP contribution in [0.15, 0.2) is 54.9 Å². The molecule has 2 fully saturated rings. The van der Waals surface area contributed by atoms with Crippen LogP contribution in [0.5, 0.6) is 0 Å². The van der Waals surface area contributed by atoms with Crippen LogP contribution in [0.2, 0.25) is 0 Å². The molecule has 1 unspecified atom stereocenters. The van der Waals surface area contributed by atoms with Crippen LogP contribution < -0.4 is 10.6 Å². The van der Waals surface area contributed by atoms with Crippen LogP contribution in [0, 0.1) is 17.0 Å². The molecule has 4 aliphatic rings. The van der Waals surface area contributed by atoms with E-state index in [1.54, 1.807) is 17.3 Å². The smallest absolute Gasteiger partial charge is 0.245 e. The molecule has 3 aromatic rings. The Hall–Kier alpha value is -4.21. The van der Waals surface area contributed by atoms with Crippen LogP contribution in [0.1, 0.15) is 55.2 Å². The summed E-state index contributed by atoms with van der Waals surface area (Å²) in [6.07, 6.45) is 10.5. The highest BCUT2D eigenvalue weighted by molar-refractivity contribution is 6.06. The zero-order valence-corrected chi connectivity index (χ0v) is 22.6. The lowest BCUT2D eigenvalue weighted by atomic mass is 9.77. The molecule has 2 aliphatic heterocycles. The van der Waals surface area contributed by atoms with E-state index < -0.39 is 17.0 Å². The molecule has 2 spiro atoms. The van der Waals surface area contributed by atoms with Crippen LogP contribution in [-0.2, 0) is 32.6 Å². The Morgan fingerprint density at radius 1 is 0.951 bits per heavy atom. The van der Waals surface area contributed by atoms with Crippen molar-refractivity contribution < 1.29 is 23.2 Å². The van der Waals surface area contributed by atoms with Gasteiger partial charge in [0, 0.05) is 36.0 Å². The number of benzene rings is 1. The fourth-order valence-electron chi connectivity index (χ4n) is 6.86. The number of pyridine rings is 2. The molecule has 3 amide bonds. The summed E-state index contributed by atoms with van der Waals surface area (Å²) in [5, 5.41) is 5.78. The predicted octanol–water partition coefficient (Wildman–Crippen LogP) is 4.55. The second-order valence-corrected chi connectivity index (χ2v) is 11.4. The molecule has 41 heavy (non-hydrogen) atoms. The third-order valence-corrected chi connectivity index (χ3v) is 8.83. The first-order chi connectivity index (χ1) is 19.8. The van der Waals surface area contributed by atoms with Gasteiger partial charge in [-0.2, -0.15) is 0 Å². The molecule has 2 N–H and O–H groups in total. The first kappa shape index (κ1) is 27.0. The molecular formula is C31H31F2N5O3. The van der Waals surface area contributed by atoms with Gasteiger partial charge >= 0.3 is 0 Å². The molecule has 8 nitrogen and oxygen atoms in total. The van der Waals surface area contributed by atoms with E-state index in [2.05, 4.69) is 20.6 Å². The van der Waals surface area contributed by atoms with Gasteiger partial charge in [0.2, 0.25) is 17.7 Å². The number of halogens is 2. The van der Waals surface area contributed by atoms with Gasteiger partial charge in [-0.05, 0) is 73.9 Å². The molecule has 1 saturated heterocycles. The Morgan fingerprint density at radius 3 is 2.41 bits per heavy atom. The van der Waals surface area contributed by atoms with E-state index in [9.17, 15) is 23.2 Å². The Morgan fingerprint density at radius 2 is 1.68 bits per heavy atom. The highest BCUT2D eigenvalue weighted by Crippen LogP contribution is 2.47. The number of rotatable bonds is 3. The van der Waals surface area contributed by atoms with Gasteiger partial charge in [-0.3, -0.25) is 14.4 Å². The summed E-state index contributed by atoms with van der Waals surface area (Å²) in [6.45, 7) is 0.696. The van der Waals surface area contributed by atoms with Crippen molar-refractivity contribution in [3.8, 4) is 0 Å². The zero-order valence-electron chi connectivity index (χ0n) is 22.6. The number of hydrogen-bond acceptors (Lipinski definition) is 5. The van der Waals surface area contributed by atoms with Crippen LogP contribution in [0.4, 0.5) is 20.4 Å². The highest BCUT2D eigenvalue weighted by Gasteiger charge is 2.51. The minimum Gasteiger partial charge on any atom is -0.333 e. The number of nitrogens with one attached hydrogen (secondary N) is 2. The van der Waals surface area contributed by atoms with E-state index in [4.69, 9.17) is 0 Å². The summed E-state index contributed by atoms with van der Waals surface area (Å²) in [5.41, 5.74) is 2.04. The third kappa shape index (κ3) is 5.07. The minimum absolute atomic E-state index is 0.0394. The number of anilines is 2. The standard InChI is InChI=1S/C25H27N5O3.C6H4F2/c31-20(15-30-10-4-8-24(23(30)33)6-1-2-7-24)28-19-11-16-12-25(13-17(16)14-27-19)18-5-3-9-26-21(18)29-22(25)32;7-5-2-1-3-6(8)4-5/h3,5,9,11,14H,1-2,4,6-8,10,12-13,15H2,(H,26,29,32)(H,27,28,31);1-4H. The number of aromatic nitrogens is 2. The van der Waals surface area contributed by atoms with E-state index in [0.29, 0.717) is 31.0 Å². The van der Waals surface area contributed by atoms with Crippen molar-refractivity contribution in [3.63, 3.8) is 0 Å². The number of hydrogen-bond donors (Lipinski definition) is 2. The summed E-state index contributed by atoms with van der Waals surface area (Å²) >= 11 is 0. The lowest BCUT2D eigenvalue weighted by Crippen LogP contribution is -2.50. The number of piperidine rings is 1. The molecule has 2 aromatic heterocycles. The van der Waals surface area contributed by atoms with Crippen molar-refractivity contribution in [2.24, 2.45) is 5.41 Å². The minimum atomic E-state index is -0.661. The summed E-state index contributed by atoms with van der Waals surface area (Å²) in [7, 11) is 0. The number of fused-ring (bicyclic) bond motifs is 3. The topological polar surface area (TPSA) is 104 Å². The number of nitrogens with zero attached hydrogens (tertiary/aromatic N) is 3. The molecule has 212 valence electrons. The normalized spacial score (nSPS) is 21.8. The Bertz CT molecular complexity index is 1510. The molecule has 1 atom stereocenters. The quantitative estimate of drug-likeness (QED) is 0.490. The fraction of sp³-hybridized carbons (Fsp3) is 0.387. The first-order valence-electron chi connectivity index (χ1n) is 14.0. The first-order valence-corrected chi connectivity index (χ1v) is 14.0. The molecule has 4 heterocycles. The van der Waals surface area contributed by atoms with Crippen LogP contribution in [0.25, 0.3) is 0 Å². The van der Waals surface area contributed by atoms with Gasteiger partial charge in [0.15, 0.2) is 0 Å². The number of carbonyl (C=O) groups excluding carboxylic acids is 3. The van der Waals surface area contributed by atoms with Crippen LogP contribution in [-0.4, -0.2) is 45.7 Å². The van der Waals surface area contributed by atoms with Crippen LogP contribution in [0.3, 0.4) is 0 Å².